The van der Waals surface area contributed by atoms with E-state index < -0.39 is 0 Å². The number of hydrogen-bond acceptors (Lipinski definition) is 1. The number of hydrogen-bond donors (Lipinski definition) is 2. The van der Waals surface area contributed by atoms with Crippen molar-refractivity contribution >= 4 is 29.9 Å². The zero-order chi connectivity index (χ0) is 11.7. The molecule has 0 aliphatic heterocycles. The average Bonchev–Trinajstić information content (AvgIpc) is 2.21. The van der Waals surface area contributed by atoms with Crippen LogP contribution in [0.1, 0.15) is 47.0 Å². The third-order valence-electron chi connectivity index (χ3n) is 2.47. The zero-order valence-corrected chi connectivity index (χ0v) is 13.7. The number of nitrogens with zero attached hydrogens (tertiary/aromatic N) is 1. The van der Waals surface area contributed by atoms with Crippen molar-refractivity contribution in [1.29, 1.82) is 0 Å². The smallest absolute Gasteiger partial charge is 0.191 e. The molecule has 4 heteroatoms. The first kappa shape index (κ1) is 18.4. The molecule has 0 rings (SSSR count). The molecular weight excluding hydrogens is 313 g/mol. The zero-order valence-electron chi connectivity index (χ0n) is 11.3. The second kappa shape index (κ2) is 11.5. The lowest BCUT2D eigenvalue weighted by Gasteiger charge is -2.16. The normalized spacial score (nSPS) is 13.2. The molecule has 0 amide bonds. The third-order valence-corrected chi connectivity index (χ3v) is 2.47. The summed E-state index contributed by atoms with van der Waals surface area (Å²) in [6.07, 6.45) is 3.60. The molecule has 0 aliphatic carbocycles. The van der Waals surface area contributed by atoms with Gasteiger partial charge >= 0.3 is 0 Å². The Morgan fingerprint density at radius 2 is 1.88 bits per heavy atom. The molecular formula is C12H28IN3. The van der Waals surface area contributed by atoms with E-state index in [1.165, 1.54) is 12.8 Å². The van der Waals surface area contributed by atoms with Crippen LogP contribution in [0.25, 0.3) is 0 Å². The fourth-order valence-corrected chi connectivity index (χ4v) is 1.25. The Bertz CT molecular complexity index is 181. The summed E-state index contributed by atoms with van der Waals surface area (Å²) in [4.78, 5) is 4.19. The second-order valence-electron chi connectivity index (χ2n) is 4.49. The van der Waals surface area contributed by atoms with Crippen molar-refractivity contribution in [3.8, 4) is 0 Å². The number of aliphatic imine (C=N–C) groups is 1. The van der Waals surface area contributed by atoms with Crippen molar-refractivity contribution < 1.29 is 0 Å². The van der Waals surface area contributed by atoms with Crippen molar-refractivity contribution in [3.63, 3.8) is 0 Å². The summed E-state index contributed by atoms with van der Waals surface area (Å²) in [6, 6.07) is 0.487. The minimum absolute atomic E-state index is 0. The molecule has 0 aromatic rings. The van der Waals surface area contributed by atoms with Crippen LogP contribution in [0.4, 0.5) is 0 Å². The van der Waals surface area contributed by atoms with Crippen LogP contribution in [0.3, 0.4) is 0 Å². The summed E-state index contributed by atoms with van der Waals surface area (Å²) >= 11 is 0. The van der Waals surface area contributed by atoms with Crippen LogP contribution in [0.15, 0.2) is 4.99 Å². The van der Waals surface area contributed by atoms with Crippen LogP contribution in [0, 0.1) is 5.92 Å². The van der Waals surface area contributed by atoms with Gasteiger partial charge in [-0.15, -0.1) is 24.0 Å². The van der Waals surface area contributed by atoms with Crippen LogP contribution in [-0.2, 0) is 0 Å². The van der Waals surface area contributed by atoms with E-state index in [0.29, 0.717) is 6.04 Å². The highest BCUT2D eigenvalue weighted by molar-refractivity contribution is 14.0. The minimum Gasteiger partial charge on any atom is -0.356 e. The Morgan fingerprint density at radius 1 is 1.25 bits per heavy atom. The molecule has 0 radical (unpaired) electrons. The van der Waals surface area contributed by atoms with E-state index in [1.807, 2.05) is 7.05 Å². The van der Waals surface area contributed by atoms with Gasteiger partial charge in [0.2, 0.25) is 0 Å². The molecule has 0 aromatic carbocycles. The lowest BCUT2D eigenvalue weighted by molar-refractivity contribution is 0.545. The molecule has 0 spiro atoms. The number of rotatable bonds is 6. The van der Waals surface area contributed by atoms with Crippen LogP contribution < -0.4 is 10.6 Å². The standard InChI is InChI=1S/C12H27N3.HI/c1-6-11(4)15-12(13-5)14-9-7-8-10(2)3;/h10-11H,6-9H2,1-5H3,(H2,13,14,15);1H. The van der Waals surface area contributed by atoms with Crippen LogP contribution >= 0.6 is 24.0 Å². The highest BCUT2D eigenvalue weighted by Gasteiger charge is 2.01. The average molecular weight is 341 g/mol. The number of guanidine groups is 1. The van der Waals surface area contributed by atoms with Gasteiger partial charge in [0.1, 0.15) is 0 Å². The van der Waals surface area contributed by atoms with E-state index in [0.717, 1.165) is 24.8 Å². The summed E-state index contributed by atoms with van der Waals surface area (Å²) in [6.45, 7) is 9.86. The lowest BCUT2D eigenvalue weighted by Crippen LogP contribution is -2.42. The maximum absolute atomic E-state index is 4.19. The van der Waals surface area contributed by atoms with E-state index >= 15 is 0 Å². The Kier molecular flexibility index (Phi) is 13.2. The van der Waals surface area contributed by atoms with Crippen LogP contribution in [0.5, 0.6) is 0 Å². The van der Waals surface area contributed by atoms with Gasteiger partial charge in [-0.2, -0.15) is 0 Å². The van der Waals surface area contributed by atoms with Gasteiger partial charge in [0.15, 0.2) is 5.96 Å². The maximum Gasteiger partial charge on any atom is 0.191 e. The molecule has 1 atom stereocenters. The minimum atomic E-state index is 0. The summed E-state index contributed by atoms with van der Waals surface area (Å²) in [7, 11) is 1.82. The Morgan fingerprint density at radius 3 is 2.31 bits per heavy atom. The van der Waals surface area contributed by atoms with Gasteiger partial charge in [0, 0.05) is 19.6 Å². The molecule has 0 saturated heterocycles. The largest absolute Gasteiger partial charge is 0.356 e. The quantitative estimate of drug-likeness (QED) is 0.337. The molecule has 2 N–H and O–H groups in total. The van der Waals surface area contributed by atoms with Gasteiger partial charge < -0.3 is 10.6 Å². The highest BCUT2D eigenvalue weighted by atomic mass is 127. The van der Waals surface area contributed by atoms with Crippen molar-refractivity contribution in [2.45, 2.75) is 53.0 Å². The topological polar surface area (TPSA) is 36.4 Å². The summed E-state index contributed by atoms with van der Waals surface area (Å²) in [5.74, 6) is 1.71. The number of nitrogens with one attached hydrogen (secondary N) is 2. The SMILES string of the molecule is CCC(C)NC(=NC)NCCCC(C)C.I. The maximum atomic E-state index is 4.19. The van der Waals surface area contributed by atoms with Crippen molar-refractivity contribution in [2.75, 3.05) is 13.6 Å². The molecule has 0 saturated carbocycles. The second-order valence-corrected chi connectivity index (χ2v) is 4.49. The van der Waals surface area contributed by atoms with Gasteiger partial charge in [0.25, 0.3) is 0 Å². The monoisotopic (exact) mass is 341 g/mol. The first-order chi connectivity index (χ1) is 7.10. The molecule has 16 heavy (non-hydrogen) atoms. The summed E-state index contributed by atoms with van der Waals surface area (Å²) < 4.78 is 0. The fourth-order valence-electron chi connectivity index (χ4n) is 1.25. The Balaban J connectivity index is 0. The Hall–Kier alpha value is 0. The van der Waals surface area contributed by atoms with E-state index in [2.05, 4.69) is 43.3 Å². The first-order valence-corrected chi connectivity index (χ1v) is 6.07. The van der Waals surface area contributed by atoms with Gasteiger partial charge in [0.05, 0.1) is 0 Å². The van der Waals surface area contributed by atoms with Crippen molar-refractivity contribution in [3.05, 3.63) is 0 Å². The highest BCUT2D eigenvalue weighted by Crippen LogP contribution is 2.01. The predicted molar refractivity (Wildman–Crippen MR) is 83.7 cm³/mol. The first-order valence-electron chi connectivity index (χ1n) is 6.07. The van der Waals surface area contributed by atoms with E-state index in [-0.39, 0.29) is 24.0 Å². The van der Waals surface area contributed by atoms with E-state index in [9.17, 15) is 0 Å². The third kappa shape index (κ3) is 10.5. The molecule has 0 heterocycles. The Labute approximate surface area is 118 Å². The lowest BCUT2D eigenvalue weighted by atomic mass is 10.1. The molecule has 0 fully saturated rings. The predicted octanol–water partition coefficient (Wildman–Crippen LogP) is 3.00. The van der Waals surface area contributed by atoms with Gasteiger partial charge in [-0.25, -0.2) is 0 Å². The van der Waals surface area contributed by atoms with Crippen molar-refractivity contribution in [1.82, 2.24) is 10.6 Å². The van der Waals surface area contributed by atoms with Crippen LogP contribution in [0.2, 0.25) is 0 Å². The van der Waals surface area contributed by atoms with Crippen molar-refractivity contribution in [2.24, 2.45) is 10.9 Å². The van der Waals surface area contributed by atoms with E-state index in [1.54, 1.807) is 0 Å². The molecule has 3 nitrogen and oxygen atoms in total. The van der Waals surface area contributed by atoms with Gasteiger partial charge in [-0.1, -0.05) is 20.8 Å². The molecule has 0 bridgehead atoms. The summed E-state index contributed by atoms with van der Waals surface area (Å²) in [5, 5.41) is 6.67. The molecule has 98 valence electrons. The van der Waals surface area contributed by atoms with Gasteiger partial charge in [-0.3, -0.25) is 4.99 Å². The fraction of sp³-hybridized carbons (Fsp3) is 0.917. The van der Waals surface area contributed by atoms with E-state index in [4.69, 9.17) is 0 Å². The van der Waals surface area contributed by atoms with Gasteiger partial charge in [-0.05, 0) is 32.1 Å². The molecule has 1 unspecified atom stereocenters. The number of halogens is 1. The van der Waals surface area contributed by atoms with Crippen LogP contribution in [-0.4, -0.2) is 25.6 Å². The summed E-state index contributed by atoms with van der Waals surface area (Å²) in [5.41, 5.74) is 0. The molecule has 0 aromatic heterocycles. The molecule has 0 aliphatic rings.